The monoisotopic (exact) mass is 467 g/mol. The summed E-state index contributed by atoms with van der Waals surface area (Å²) in [4.78, 5) is 38.4. The molecule has 0 aromatic heterocycles. The van der Waals surface area contributed by atoms with Crippen LogP contribution in [0.25, 0.3) is 6.08 Å². The predicted molar refractivity (Wildman–Crippen MR) is 119 cm³/mol. The van der Waals surface area contributed by atoms with Gasteiger partial charge in [-0.15, -0.1) is 0 Å². The van der Waals surface area contributed by atoms with Gasteiger partial charge in [-0.3, -0.25) is 14.4 Å². The van der Waals surface area contributed by atoms with E-state index in [4.69, 9.17) is 5.73 Å². The number of nitrogens with two attached hydrogens (primary N) is 1. The van der Waals surface area contributed by atoms with E-state index in [2.05, 4.69) is 0 Å². The summed E-state index contributed by atoms with van der Waals surface area (Å²) in [6, 6.07) is 3.39. The summed E-state index contributed by atoms with van der Waals surface area (Å²) in [5.74, 6) is -8.47. The average molecular weight is 467 g/mol. The van der Waals surface area contributed by atoms with E-state index in [0.717, 1.165) is 24.8 Å². The fourth-order valence-electron chi connectivity index (χ4n) is 5.87. The zero-order valence-electron chi connectivity index (χ0n) is 18.4. The van der Waals surface area contributed by atoms with Crippen LogP contribution >= 0.6 is 0 Å². The fraction of sp³-hybridized carbons (Fsp3) is 0.400. The minimum absolute atomic E-state index is 0.0648. The topological polar surface area (TPSA) is 178 Å². The molecule has 0 aliphatic heterocycles. The number of aliphatic hydroxyl groups excluding tert-OH is 3. The van der Waals surface area contributed by atoms with Crippen LogP contribution in [-0.4, -0.2) is 54.7 Å². The van der Waals surface area contributed by atoms with Crippen molar-refractivity contribution in [3.05, 3.63) is 57.1 Å². The Hall–Kier alpha value is -3.43. The lowest BCUT2D eigenvalue weighted by Gasteiger charge is -2.50. The normalized spacial score (nSPS) is 32.6. The molecule has 1 amide bonds. The first-order valence-electron chi connectivity index (χ1n) is 11.2. The van der Waals surface area contributed by atoms with E-state index in [-0.39, 0.29) is 11.3 Å². The van der Waals surface area contributed by atoms with Crippen molar-refractivity contribution in [2.75, 3.05) is 0 Å². The summed E-state index contributed by atoms with van der Waals surface area (Å²) in [7, 11) is 0. The molecule has 5 rings (SSSR count). The number of carbonyl (C=O) groups excluding carboxylic acids is 3. The Morgan fingerprint density at radius 1 is 1.18 bits per heavy atom. The van der Waals surface area contributed by atoms with Crippen molar-refractivity contribution in [1.82, 2.24) is 0 Å². The Labute approximate surface area is 194 Å². The lowest BCUT2D eigenvalue weighted by atomic mass is 9.56. The summed E-state index contributed by atoms with van der Waals surface area (Å²) in [6.45, 7) is 1.70. The molecule has 5 atom stereocenters. The van der Waals surface area contributed by atoms with Gasteiger partial charge >= 0.3 is 0 Å². The number of aromatic hydroxyl groups is 1. The molecule has 0 unspecified atom stereocenters. The Balaban J connectivity index is 1.71. The average Bonchev–Trinajstić information content (AvgIpc) is 2.74. The smallest absolute Gasteiger partial charge is 0.255 e. The van der Waals surface area contributed by atoms with Crippen LogP contribution in [-0.2, 0) is 9.59 Å². The Kier molecular flexibility index (Phi) is 4.79. The van der Waals surface area contributed by atoms with E-state index in [0.29, 0.717) is 11.1 Å². The van der Waals surface area contributed by atoms with Crippen LogP contribution in [0.15, 0.2) is 40.4 Å². The van der Waals surface area contributed by atoms with Crippen LogP contribution in [0.1, 0.15) is 60.0 Å². The summed E-state index contributed by atoms with van der Waals surface area (Å²) in [6.07, 6.45) is 2.65. The molecule has 4 aliphatic rings. The maximum absolute atomic E-state index is 13.6. The molecule has 0 saturated heterocycles. The molecule has 1 aromatic carbocycles. The standard InChI is InChI=1S/C25H25NO8/c1-9-12-6-5-11(7-10-3-2-4-10)19(28)16(12)21(30)18-15(9)20(29)13-8-14(27)17(24(26)33)22(31)25(13,34)23(18)32/h5-7,9,13,15,20,27-29,32,34H,2-4,8H2,1H3,(H2,26,33)/t9-,13+,15+,20+,25+/m0/s1. The minimum Gasteiger partial charge on any atom is -0.511 e. The second kappa shape index (κ2) is 7.28. The number of hydrogen-bond donors (Lipinski definition) is 6. The Bertz CT molecular complexity index is 1270. The largest absolute Gasteiger partial charge is 0.511 e. The molecule has 0 radical (unpaired) electrons. The van der Waals surface area contributed by atoms with Crippen LogP contribution in [0.4, 0.5) is 0 Å². The third kappa shape index (κ3) is 2.71. The Morgan fingerprint density at radius 2 is 1.85 bits per heavy atom. The third-order valence-electron chi connectivity index (χ3n) is 7.89. The summed E-state index contributed by atoms with van der Waals surface area (Å²) in [5, 5.41) is 54.9. The molecule has 34 heavy (non-hydrogen) atoms. The number of fused-ring (bicyclic) bond motifs is 3. The first-order chi connectivity index (χ1) is 16.0. The second-order valence-electron chi connectivity index (χ2n) is 9.61. The Morgan fingerprint density at radius 3 is 2.44 bits per heavy atom. The van der Waals surface area contributed by atoms with Crippen molar-refractivity contribution in [3.8, 4) is 5.75 Å². The zero-order valence-corrected chi connectivity index (χ0v) is 18.4. The number of allylic oxidation sites excluding steroid dienone is 2. The molecular weight excluding hydrogens is 442 g/mol. The van der Waals surface area contributed by atoms with Gasteiger partial charge in [0.2, 0.25) is 5.78 Å². The predicted octanol–water partition coefficient (Wildman–Crippen LogP) is 1.68. The van der Waals surface area contributed by atoms with Crippen molar-refractivity contribution in [3.63, 3.8) is 0 Å². The highest BCUT2D eigenvalue weighted by Crippen LogP contribution is 2.55. The first-order valence-corrected chi connectivity index (χ1v) is 11.2. The van der Waals surface area contributed by atoms with E-state index in [1.807, 2.05) is 6.08 Å². The van der Waals surface area contributed by atoms with Gasteiger partial charge in [-0.1, -0.05) is 30.7 Å². The summed E-state index contributed by atoms with van der Waals surface area (Å²) >= 11 is 0. The van der Waals surface area contributed by atoms with Gasteiger partial charge in [0.05, 0.1) is 11.7 Å². The lowest BCUT2D eigenvalue weighted by Crippen LogP contribution is -2.62. The van der Waals surface area contributed by atoms with Crippen molar-refractivity contribution in [2.24, 2.45) is 17.6 Å². The molecular formula is C25H25NO8. The number of phenols is 1. The maximum Gasteiger partial charge on any atom is 0.255 e. The molecule has 0 heterocycles. The van der Waals surface area contributed by atoms with E-state index in [1.54, 1.807) is 19.1 Å². The number of benzene rings is 1. The number of aliphatic hydroxyl groups is 4. The summed E-state index contributed by atoms with van der Waals surface area (Å²) in [5.41, 5.74) is 3.06. The van der Waals surface area contributed by atoms with Crippen molar-refractivity contribution < 1.29 is 39.9 Å². The third-order valence-corrected chi connectivity index (χ3v) is 7.89. The molecule has 0 spiro atoms. The van der Waals surface area contributed by atoms with Gasteiger partial charge in [0.1, 0.15) is 22.8 Å². The molecule has 7 N–H and O–H groups in total. The van der Waals surface area contributed by atoms with Gasteiger partial charge in [0.15, 0.2) is 11.4 Å². The highest BCUT2D eigenvalue weighted by molar-refractivity contribution is 6.24. The van der Waals surface area contributed by atoms with Crippen molar-refractivity contribution in [2.45, 2.75) is 50.2 Å². The van der Waals surface area contributed by atoms with E-state index in [1.165, 1.54) is 0 Å². The van der Waals surface area contributed by atoms with Crippen LogP contribution in [0, 0.1) is 11.8 Å². The van der Waals surface area contributed by atoms with E-state index >= 15 is 0 Å². The molecule has 1 fully saturated rings. The lowest BCUT2D eigenvalue weighted by molar-refractivity contribution is -0.154. The number of hydrogen-bond acceptors (Lipinski definition) is 8. The SMILES string of the molecule is C[C@H]1c2ccc(C=C3CCC3)c(O)c2C(=O)C2=C(O)[C@]3(O)C(=O)C(C(N)=O)=C(O)C[C@@H]3[C@@H](O)[C@@H]21. The quantitative estimate of drug-likeness (QED) is 0.356. The van der Waals surface area contributed by atoms with E-state index in [9.17, 15) is 39.9 Å². The second-order valence-corrected chi connectivity index (χ2v) is 9.61. The minimum atomic E-state index is -2.82. The number of ketones is 2. The van der Waals surface area contributed by atoms with Crippen LogP contribution in [0.2, 0.25) is 0 Å². The fourth-order valence-corrected chi connectivity index (χ4v) is 5.87. The van der Waals surface area contributed by atoms with Crippen LogP contribution in [0.3, 0.4) is 0 Å². The number of primary amides is 1. The molecule has 4 aliphatic carbocycles. The molecule has 1 aromatic rings. The molecule has 9 nitrogen and oxygen atoms in total. The maximum atomic E-state index is 13.6. The number of rotatable bonds is 2. The number of carbonyl (C=O) groups is 3. The molecule has 178 valence electrons. The zero-order chi connectivity index (χ0) is 24.7. The number of amides is 1. The van der Waals surface area contributed by atoms with E-state index < -0.39 is 76.0 Å². The number of phenolic OH excluding ortho intramolecular Hbond substituents is 1. The highest BCUT2D eigenvalue weighted by atomic mass is 16.4. The van der Waals surface area contributed by atoms with Gasteiger partial charge in [-0.25, -0.2) is 0 Å². The summed E-state index contributed by atoms with van der Waals surface area (Å²) < 4.78 is 0. The molecule has 0 bridgehead atoms. The molecule has 9 heteroatoms. The molecule has 1 saturated carbocycles. The van der Waals surface area contributed by atoms with Gasteiger partial charge in [-0.2, -0.15) is 0 Å². The van der Waals surface area contributed by atoms with Gasteiger partial charge < -0.3 is 31.3 Å². The highest BCUT2D eigenvalue weighted by Gasteiger charge is 2.64. The van der Waals surface area contributed by atoms with Crippen molar-refractivity contribution in [1.29, 1.82) is 0 Å². The number of Topliss-reactive ketones (excluding diaryl/α,β-unsaturated/α-hetero) is 2. The van der Waals surface area contributed by atoms with Gasteiger partial charge in [0.25, 0.3) is 5.91 Å². The van der Waals surface area contributed by atoms with Gasteiger partial charge in [0, 0.05) is 29.4 Å². The van der Waals surface area contributed by atoms with Crippen LogP contribution in [0.5, 0.6) is 5.75 Å². The van der Waals surface area contributed by atoms with Crippen LogP contribution < -0.4 is 5.73 Å². The van der Waals surface area contributed by atoms with Gasteiger partial charge in [-0.05, 0) is 30.7 Å². The van der Waals surface area contributed by atoms with Crippen molar-refractivity contribution >= 4 is 23.5 Å². The first kappa shape index (κ1) is 22.4.